The van der Waals surface area contributed by atoms with Gasteiger partial charge in [-0.15, -0.1) is 0 Å². The van der Waals surface area contributed by atoms with Gasteiger partial charge < -0.3 is 5.32 Å². The molecule has 1 saturated carbocycles. The number of nitrogens with one attached hydrogen (secondary N) is 1. The highest BCUT2D eigenvalue weighted by Crippen LogP contribution is 2.24. The molecule has 1 aliphatic rings. The van der Waals surface area contributed by atoms with Crippen LogP contribution in [0.15, 0.2) is 12.1 Å². The van der Waals surface area contributed by atoms with Gasteiger partial charge in [0, 0.05) is 12.1 Å². The maximum Gasteiger partial charge on any atom is 0.305 e. The zero-order chi connectivity index (χ0) is 14.7. The van der Waals surface area contributed by atoms with Crippen molar-refractivity contribution in [2.45, 2.75) is 38.1 Å². The Balaban J connectivity index is 2.24. The Morgan fingerprint density at radius 1 is 1.25 bits per heavy atom. The minimum atomic E-state index is -1.43. The first-order chi connectivity index (χ1) is 9.50. The lowest BCUT2D eigenvalue weighted by molar-refractivity contribution is -0.387. The fraction of sp³-hybridized carbons (Fsp3) is 0.462. The number of benzene rings is 1. The number of nitrogens with zero attached hydrogens (tertiary/aromatic N) is 1. The van der Waals surface area contributed by atoms with Gasteiger partial charge in [-0.3, -0.25) is 14.9 Å². The van der Waals surface area contributed by atoms with E-state index in [9.17, 15) is 23.7 Å². The Morgan fingerprint density at radius 3 is 2.50 bits per heavy atom. The first kappa shape index (κ1) is 14.4. The third kappa shape index (κ3) is 2.92. The summed E-state index contributed by atoms with van der Waals surface area (Å²) in [5.41, 5.74) is -1.79. The first-order valence-electron chi connectivity index (χ1n) is 6.44. The van der Waals surface area contributed by atoms with Gasteiger partial charge in [0.1, 0.15) is 11.4 Å². The Labute approximate surface area is 114 Å². The number of amides is 1. The number of hydrogen-bond donors (Lipinski definition) is 1. The van der Waals surface area contributed by atoms with Crippen LogP contribution in [0.5, 0.6) is 0 Å². The van der Waals surface area contributed by atoms with E-state index in [0.717, 1.165) is 38.2 Å². The lowest BCUT2D eigenvalue weighted by Gasteiger charge is -2.22. The molecule has 20 heavy (non-hydrogen) atoms. The highest BCUT2D eigenvalue weighted by molar-refractivity contribution is 5.95. The molecule has 2 rings (SSSR count). The zero-order valence-electron chi connectivity index (χ0n) is 10.7. The maximum absolute atomic E-state index is 13.8. The molecule has 5 nitrogen and oxygen atoms in total. The number of halogens is 2. The predicted octanol–water partition coefficient (Wildman–Crippen LogP) is 2.94. The van der Waals surface area contributed by atoms with E-state index in [2.05, 4.69) is 5.32 Å². The van der Waals surface area contributed by atoms with Crippen molar-refractivity contribution in [1.82, 2.24) is 5.32 Å². The van der Waals surface area contributed by atoms with Crippen LogP contribution in [-0.2, 0) is 0 Å². The summed E-state index contributed by atoms with van der Waals surface area (Å²) in [4.78, 5) is 21.5. The van der Waals surface area contributed by atoms with Gasteiger partial charge in [0.15, 0.2) is 0 Å². The fourth-order valence-corrected chi connectivity index (χ4v) is 2.40. The van der Waals surface area contributed by atoms with Crippen LogP contribution >= 0.6 is 0 Å². The van der Waals surface area contributed by atoms with E-state index < -0.39 is 33.7 Å². The summed E-state index contributed by atoms with van der Waals surface area (Å²) >= 11 is 0. The van der Waals surface area contributed by atoms with Gasteiger partial charge in [0.2, 0.25) is 5.82 Å². The quantitative estimate of drug-likeness (QED) is 0.685. The van der Waals surface area contributed by atoms with Crippen LogP contribution < -0.4 is 5.32 Å². The average molecular weight is 284 g/mol. The topological polar surface area (TPSA) is 72.2 Å². The summed E-state index contributed by atoms with van der Waals surface area (Å²) < 4.78 is 27.4. The van der Waals surface area contributed by atoms with Crippen molar-refractivity contribution >= 4 is 11.6 Å². The van der Waals surface area contributed by atoms with Crippen LogP contribution in [0.1, 0.15) is 42.5 Å². The molecule has 0 saturated heterocycles. The third-order valence-electron chi connectivity index (χ3n) is 3.43. The van der Waals surface area contributed by atoms with Crippen LogP contribution in [0.4, 0.5) is 14.5 Å². The van der Waals surface area contributed by atoms with Crippen LogP contribution in [0, 0.1) is 21.7 Å². The Morgan fingerprint density at radius 2 is 1.90 bits per heavy atom. The SMILES string of the molecule is O=C(NC1CCCCC1)c1c(F)ccc([N+](=O)[O-])c1F. The van der Waals surface area contributed by atoms with Crippen LogP contribution in [0.3, 0.4) is 0 Å². The molecule has 1 aromatic rings. The summed E-state index contributed by atoms with van der Waals surface area (Å²) in [5, 5.41) is 13.2. The molecule has 108 valence electrons. The fourth-order valence-electron chi connectivity index (χ4n) is 2.40. The molecule has 1 N–H and O–H groups in total. The molecular formula is C13H14F2N2O3. The zero-order valence-corrected chi connectivity index (χ0v) is 10.7. The summed E-state index contributed by atoms with van der Waals surface area (Å²) in [6.45, 7) is 0. The minimum absolute atomic E-state index is 0.130. The van der Waals surface area contributed by atoms with E-state index in [-0.39, 0.29) is 6.04 Å². The Kier molecular flexibility index (Phi) is 4.26. The molecule has 0 spiro atoms. The maximum atomic E-state index is 13.8. The van der Waals surface area contributed by atoms with Crippen LogP contribution in [0.25, 0.3) is 0 Å². The lowest BCUT2D eigenvalue weighted by atomic mass is 9.95. The molecule has 0 atom stereocenters. The van der Waals surface area contributed by atoms with Crippen molar-refractivity contribution in [2.75, 3.05) is 0 Å². The van der Waals surface area contributed by atoms with Crippen LogP contribution in [-0.4, -0.2) is 16.9 Å². The normalized spacial score (nSPS) is 15.9. The molecule has 1 aliphatic carbocycles. The van der Waals surface area contributed by atoms with Crippen molar-refractivity contribution in [2.24, 2.45) is 0 Å². The van der Waals surface area contributed by atoms with E-state index in [1.807, 2.05) is 0 Å². The lowest BCUT2D eigenvalue weighted by Crippen LogP contribution is -2.37. The van der Waals surface area contributed by atoms with Crippen molar-refractivity contribution < 1.29 is 18.5 Å². The van der Waals surface area contributed by atoms with Gasteiger partial charge in [0.25, 0.3) is 5.91 Å². The van der Waals surface area contributed by atoms with Crippen molar-refractivity contribution in [3.8, 4) is 0 Å². The molecule has 0 aromatic heterocycles. The number of hydrogen-bond acceptors (Lipinski definition) is 3. The highest BCUT2D eigenvalue weighted by Gasteiger charge is 2.27. The second-order valence-electron chi connectivity index (χ2n) is 4.82. The molecule has 0 aliphatic heterocycles. The van der Waals surface area contributed by atoms with Gasteiger partial charge in [-0.05, 0) is 18.9 Å². The number of carbonyl (C=O) groups is 1. The first-order valence-corrected chi connectivity index (χ1v) is 6.44. The van der Waals surface area contributed by atoms with E-state index >= 15 is 0 Å². The van der Waals surface area contributed by atoms with E-state index in [1.165, 1.54) is 0 Å². The van der Waals surface area contributed by atoms with Crippen molar-refractivity contribution in [1.29, 1.82) is 0 Å². The smallest absolute Gasteiger partial charge is 0.305 e. The van der Waals surface area contributed by atoms with Crippen LogP contribution in [0.2, 0.25) is 0 Å². The van der Waals surface area contributed by atoms with Crippen molar-refractivity contribution in [3.05, 3.63) is 39.4 Å². The molecule has 0 unspecified atom stereocenters. The molecular weight excluding hydrogens is 270 g/mol. The number of nitro groups is 1. The number of carbonyl (C=O) groups excluding carboxylic acids is 1. The third-order valence-corrected chi connectivity index (χ3v) is 3.43. The molecule has 7 heteroatoms. The van der Waals surface area contributed by atoms with Gasteiger partial charge >= 0.3 is 5.69 Å². The molecule has 1 amide bonds. The highest BCUT2D eigenvalue weighted by atomic mass is 19.1. The van der Waals surface area contributed by atoms with Gasteiger partial charge in [-0.2, -0.15) is 4.39 Å². The van der Waals surface area contributed by atoms with Gasteiger partial charge in [0.05, 0.1) is 4.92 Å². The number of nitro benzene ring substituents is 1. The molecule has 1 aromatic carbocycles. The average Bonchev–Trinajstić information content (AvgIpc) is 2.39. The minimum Gasteiger partial charge on any atom is -0.349 e. The van der Waals surface area contributed by atoms with E-state index in [0.29, 0.717) is 6.07 Å². The van der Waals surface area contributed by atoms with Crippen molar-refractivity contribution in [3.63, 3.8) is 0 Å². The second kappa shape index (κ2) is 5.94. The molecule has 0 bridgehead atoms. The summed E-state index contributed by atoms with van der Waals surface area (Å²) in [6.07, 6.45) is 4.48. The Bertz CT molecular complexity index is 543. The molecule has 0 radical (unpaired) electrons. The summed E-state index contributed by atoms with van der Waals surface area (Å²) in [7, 11) is 0. The largest absolute Gasteiger partial charge is 0.349 e. The standard InChI is InChI=1S/C13H14F2N2O3/c14-9-6-7-10(17(19)20)12(15)11(9)13(18)16-8-4-2-1-3-5-8/h6-8H,1-5H2,(H,16,18). The van der Waals surface area contributed by atoms with Gasteiger partial charge in [-0.25, -0.2) is 4.39 Å². The molecule has 1 fully saturated rings. The predicted molar refractivity (Wildman–Crippen MR) is 67.4 cm³/mol. The summed E-state index contributed by atoms with van der Waals surface area (Å²) in [6, 6.07) is 1.31. The Hall–Kier alpha value is -2.05. The monoisotopic (exact) mass is 284 g/mol. The molecule has 0 heterocycles. The van der Waals surface area contributed by atoms with E-state index in [1.54, 1.807) is 0 Å². The number of rotatable bonds is 3. The van der Waals surface area contributed by atoms with Gasteiger partial charge in [-0.1, -0.05) is 19.3 Å². The second-order valence-corrected chi connectivity index (χ2v) is 4.82. The van der Waals surface area contributed by atoms with E-state index in [4.69, 9.17) is 0 Å². The summed E-state index contributed by atoms with van der Waals surface area (Å²) in [5.74, 6) is -3.46.